The van der Waals surface area contributed by atoms with Crippen molar-refractivity contribution in [1.82, 2.24) is 19.5 Å². The molecule has 2 aromatic rings. The fraction of sp³-hybridized carbons (Fsp3) is 0.579. The highest BCUT2D eigenvalue weighted by molar-refractivity contribution is 6.00. The zero-order valence-corrected chi connectivity index (χ0v) is 16.0. The largest absolute Gasteiger partial charge is 0.465 e. The molecule has 7 heteroatoms. The minimum atomic E-state index is -0.888. The van der Waals surface area contributed by atoms with Gasteiger partial charge in [0.1, 0.15) is 0 Å². The van der Waals surface area contributed by atoms with Gasteiger partial charge in [0.15, 0.2) is 11.4 Å². The van der Waals surface area contributed by atoms with Crippen LogP contribution in [-0.2, 0) is 0 Å². The van der Waals surface area contributed by atoms with E-state index in [0.717, 1.165) is 18.5 Å². The molecule has 140 valence electrons. The first-order valence-electron chi connectivity index (χ1n) is 8.97. The number of aryl methyl sites for hydroxylation is 1. The third-order valence-corrected chi connectivity index (χ3v) is 5.22. The lowest BCUT2D eigenvalue weighted by Gasteiger charge is -2.46. The van der Waals surface area contributed by atoms with E-state index in [4.69, 9.17) is 0 Å². The Morgan fingerprint density at radius 1 is 1.31 bits per heavy atom. The first-order chi connectivity index (χ1) is 12.1. The molecule has 0 aliphatic carbocycles. The number of piperidine rings is 1. The summed E-state index contributed by atoms with van der Waals surface area (Å²) in [6.07, 6.45) is 2.48. The van der Waals surface area contributed by atoms with E-state index in [1.165, 1.54) is 6.92 Å². The van der Waals surface area contributed by atoms with Crippen LogP contribution in [-0.4, -0.2) is 49.1 Å². The van der Waals surface area contributed by atoms with Gasteiger partial charge in [-0.2, -0.15) is 5.10 Å². The zero-order valence-electron chi connectivity index (χ0n) is 16.0. The van der Waals surface area contributed by atoms with Crippen LogP contribution in [0.2, 0.25) is 0 Å². The predicted molar refractivity (Wildman–Crippen MR) is 97.7 cm³/mol. The minimum Gasteiger partial charge on any atom is -0.465 e. The average molecular weight is 358 g/mol. The van der Waals surface area contributed by atoms with Gasteiger partial charge in [-0.05, 0) is 38.2 Å². The Hall–Kier alpha value is -2.44. The van der Waals surface area contributed by atoms with Crippen molar-refractivity contribution in [2.45, 2.75) is 59.4 Å². The number of amides is 1. The number of rotatable bonds is 2. The van der Waals surface area contributed by atoms with Gasteiger partial charge in [0.2, 0.25) is 0 Å². The van der Waals surface area contributed by atoms with Crippen molar-refractivity contribution in [1.29, 1.82) is 0 Å². The quantitative estimate of drug-likeness (QED) is 0.830. The Bertz CT molecular complexity index is 866. The molecule has 26 heavy (non-hydrogen) atoms. The molecule has 2 unspecified atom stereocenters. The first kappa shape index (κ1) is 18.4. The molecule has 0 spiro atoms. The van der Waals surface area contributed by atoms with E-state index in [0.29, 0.717) is 23.4 Å². The monoisotopic (exact) mass is 358 g/mol. The van der Waals surface area contributed by atoms with E-state index in [9.17, 15) is 14.7 Å². The average Bonchev–Trinajstić information content (AvgIpc) is 2.89. The van der Waals surface area contributed by atoms with Gasteiger partial charge in [-0.15, -0.1) is 0 Å². The number of carboxylic acid groups (broad SMARTS) is 1. The Balaban J connectivity index is 2.19. The number of nitrogens with zero attached hydrogens (tertiary/aromatic N) is 4. The molecule has 0 aromatic carbocycles. The van der Waals surface area contributed by atoms with Crippen LogP contribution in [0.4, 0.5) is 4.79 Å². The highest BCUT2D eigenvalue weighted by atomic mass is 16.4. The molecular formula is C19H26N4O3. The minimum absolute atomic E-state index is 0.00976. The second-order valence-electron chi connectivity index (χ2n) is 8.16. The van der Waals surface area contributed by atoms with E-state index in [2.05, 4.69) is 30.9 Å². The van der Waals surface area contributed by atoms with Crippen LogP contribution >= 0.6 is 0 Å². The lowest BCUT2D eigenvalue weighted by atomic mass is 9.73. The summed E-state index contributed by atoms with van der Waals surface area (Å²) in [5.41, 5.74) is 2.41. The molecule has 3 rings (SSSR count). The van der Waals surface area contributed by atoms with Gasteiger partial charge < -0.3 is 10.0 Å². The predicted octanol–water partition coefficient (Wildman–Crippen LogP) is 3.51. The SMILES string of the molecule is CC(=O)c1c(C)nn2c(C3CCCN(C(=O)O)C3C(C)(C)C)ccnc12. The summed E-state index contributed by atoms with van der Waals surface area (Å²) in [6, 6.07) is 1.72. The van der Waals surface area contributed by atoms with Gasteiger partial charge in [0.25, 0.3) is 0 Å². The molecule has 1 aliphatic rings. The van der Waals surface area contributed by atoms with Gasteiger partial charge in [-0.1, -0.05) is 20.8 Å². The highest BCUT2D eigenvalue weighted by Crippen LogP contribution is 2.41. The number of hydrogen-bond donors (Lipinski definition) is 1. The van der Waals surface area contributed by atoms with Crippen LogP contribution in [0.5, 0.6) is 0 Å². The molecule has 0 bridgehead atoms. The van der Waals surface area contributed by atoms with E-state index in [-0.39, 0.29) is 23.2 Å². The second kappa shape index (κ2) is 6.37. The van der Waals surface area contributed by atoms with E-state index < -0.39 is 6.09 Å². The summed E-state index contributed by atoms with van der Waals surface area (Å²) >= 11 is 0. The molecule has 0 radical (unpaired) electrons. The third-order valence-electron chi connectivity index (χ3n) is 5.22. The maximum atomic E-state index is 12.0. The Morgan fingerprint density at radius 2 is 2.00 bits per heavy atom. The molecule has 2 atom stereocenters. The molecule has 2 aromatic heterocycles. The lowest BCUT2D eigenvalue weighted by molar-refractivity contribution is 0.0442. The third kappa shape index (κ3) is 2.95. The van der Waals surface area contributed by atoms with Gasteiger partial charge in [-0.3, -0.25) is 4.79 Å². The topological polar surface area (TPSA) is 87.8 Å². The van der Waals surface area contributed by atoms with Gasteiger partial charge in [-0.25, -0.2) is 14.3 Å². The summed E-state index contributed by atoms with van der Waals surface area (Å²) in [6.45, 7) is 10.1. The second-order valence-corrected chi connectivity index (χ2v) is 8.16. The van der Waals surface area contributed by atoms with Crippen LogP contribution in [0.1, 0.15) is 68.2 Å². The maximum absolute atomic E-state index is 12.0. The van der Waals surface area contributed by atoms with Crippen molar-refractivity contribution < 1.29 is 14.7 Å². The van der Waals surface area contributed by atoms with Crippen molar-refractivity contribution in [3.05, 3.63) is 29.2 Å². The molecule has 3 heterocycles. The molecule has 0 saturated carbocycles. The van der Waals surface area contributed by atoms with E-state index >= 15 is 0 Å². The van der Waals surface area contributed by atoms with Crippen molar-refractivity contribution in [3.63, 3.8) is 0 Å². The smallest absolute Gasteiger partial charge is 0.407 e. The van der Waals surface area contributed by atoms with Crippen molar-refractivity contribution in [2.24, 2.45) is 5.41 Å². The van der Waals surface area contributed by atoms with E-state index in [1.54, 1.807) is 22.5 Å². The normalized spacial score (nSPS) is 21.2. The Morgan fingerprint density at radius 3 is 2.58 bits per heavy atom. The van der Waals surface area contributed by atoms with Crippen molar-refractivity contribution >= 4 is 17.5 Å². The Labute approximate surface area is 153 Å². The van der Waals surface area contributed by atoms with Crippen molar-refractivity contribution in [3.8, 4) is 0 Å². The fourth-order valence-electron chi connectivity index (χ4n) is 4.35. The molecule has 1 saturated heterocycles. The van der Waals surface area contributed by atoms with Crippen molar-refractivity contribution in [2.75, 3.05) is 6.54 Å². The molecule has 1 N–H and O–H groups in total. The van der Waals surface area contributed by atoms with Crippen LogP contribution in [0, 0.1) is 12.3 Å². The summed E-state index contributed by atoms with van der Waals surface area (Å²) < 4.78 is 1.74. The molecular weight excluding hydrogens is 332 g/mol. The summed E-state index contributed by atoms with van der Waals surface area (Å²) in [4.78, 5) is 29.8. The molecule has 1 aliphatic heterocycles. The zero-order chi connectivity index (χ0) is 19.2. The number of Topliss-reactive ketones (excluding diaryl/α,β-unsaturated/α-hetero) is 1. The number of ketones is 1. The van der Waals surface area contributed by atoms with Crippen LogP contribution in [0.15, 0.2) is 12.3 Å². The number of aromatic nitrogens is 3. The molecule has 1 fully saturated rings. The molecule has 1 amide bonds. The lowest BCUT2D eigenvalue weighted by Crippen LogP contribution is -2.53. The van der Waals surface area contributed by atoms with Gasteiger partial charge in [0, 0.05) is 24.7 Å². The first-order valence-corrected chi connectivity index (χ1v) is 8.97. The van der Waals surface area contributed by atoms with Gasteiger partial charge in [0.05, 0.1) is 17.0 Å². The number of carbonyl (C=O) groups excluding carboxylic acids is 1. The highest BCUT2D eigenvalue weighted by Gasteiger charge is 2.43. The summed E-state index contributed by atoms with van der Waals surface area (Å²) in [5.74, 6) is -0.0743. The van der Waals surface area contributed by atoms with Crippen LogP contribution in [0.25, 0.3) is 5.65 Å². The van der Waals surface area contributed by atoms with Crippen LogP contribution in [0.3, 0.4) is 0 Å². The number of fused-ring (bicyclic) bond motifs is 1. The number of carbonyl (C=O) groups is 2. The number of hydrogen-bond acceptors (Lipinski definition) is 4. The Kier molecular flexibility index (Phi) is 4.50. The maximum Gasteiger partial charge on any atom is 0.407 e. The van der Waals surface area contributed by atoms with E-state index in [1.807, 2.05) is 6.07 Å². The molecule has 7 nitrogen and oxygen atoms in total. The summed E-state index contributed by atoms with van der Waals surface area (Å²) in [7, 11) is 0. The van der Waals surface area contributed by atoms with Gasteiger partial charge >= 0.3 is 6.09 Å². The number of likely N-dealkylation sites (tertiary alicyclic amines) is 1. The summed E-state index contributed by atoms with van der Waals surface area (Å²) in [5, 5.41) is 14.3. The fourth-order valence-corrected chi connectivity index (χ4v) is 4.35. The standard InChI is InChI=1S/C19H26N4O3/c1-11-15(12(2)24)17-20-9-8-14(23(17)21-11)13-7-6-10-22(18(25)26)16(13)19(3,4)5/h8-9,13,16H,6-7,10H2,1-5H3,(H,25,26). The van der Waals surface area contributed by atoms with Crippen LogP contribution < -0.4 is 0 Å².